The van der Waals surface area contributed by atoms with Crippen LogP contribution in [0.15, 0.2) is 23.1 Å². The molecule has 0 bridgehead atoms. The number of halogens is 1. The van der Waals surface area contributed by atoms with E-state index in [0.29, 0.717) is 19.4 Å². The molecular weight excluding hydrogens is 283 g/mol. The molecule has 1 saturated heterocycles. The highest BCUT2D eigenvalue weighted by atomic mass is 32.2. The van der Waals surface area contributed by atoms with Crippen molar-refractivity contribution in [2.24, 2.45) is 0 Å². The number of anilines is 1. The minimum Gasteiger partial charge on any atom is -0.398 e. The lowest BCUT2D eigenvalue weighted by atomic mass is 10.1. The molecule has 20 heavy (non-hydrogen) atoms. The smallest absolute Gasteiger partial charge is 0.245 e. The number of rotatable bonds is 5. The summed E-state index contributed by atoms with van der Waals surface area (Å²) >= 11 is 0. The Morgan fingerprint density at radius 1 is 1.45 bits per heavy atom. The van der Waals surface area contributed by atoms with Gasteiger partial charge in [0.25, 0.3) is 0 Å². The summed E-state index contributed by atoms with van der Waals surface area (Å²) in [6.45, 7) is 0.484. The van der Waals surface area contributed by atoms with Crippen LogP contribution < -0.4 is 5.73 Å². The Hall–Kier alpha value is -1.18. The van der Waals surface area contributed by atoms with Gasteiger partial charge in [-0.25, -0.2) is 12.8 Å². The molecule has 1 heterocycles. The Kier molecular flexibility index (Phi) is 4.62. The third-order valence-electron chi connectivity index (χ3n) is 3.58. The SMILES string of the molecule is Nc1cc(F)ccc1S(=O)(=O)N1CCCC1CCCO. The van der Waals surface area contributed by atoms with E-state index < -0.39 is 15.8 Å². The highest BCUT2D eigenvalue weighted by Gasteiger charge is 2.35. The average Bonchev–Trinajstić information content (AvgIpc) is 2.84. The summed E-state index contributed by atoms with van der Waals surface area (Å²) in [5.41, 5.74) is 5.56. The molecule has 1 aliphatic heterocycles. The highest BCUT2D eigenvalue weighted by molar-refractivity contribution is 7.89. The van der Waals surface area contributed by atoms with Gasteiger partial charge in [-0.3, -0.25) is 0 Å². The van der Waals surface area contributed by atoms with E-state index in [1.807, 2.05) is 0 Å². The lowest BCUT2D eigenvalue weighted by Crippen LogP contribution is -2.36. The van der Waals surface area contributed by atoms with Gasteiger partial charge in [0.15, 0.2) is 0 Å². The van der Waals surface area contributed by atoms with Gasteiger partial charge in [-0.1, -0.05) is 0 Å². The fourth-order valence-corrected chi connectivity index (χ4v) is 4.44. The van der Waals surface area contributed by atoms with E-state index >= 15 is 0 Å². The summed E-state index contributed by atoms with van der Waals surface area (Å²) in [6.07, 6.45) is 2.75. The van der Waals surface area contributed by atoms with Crippen LogP contribution in [0, 0.1) is 5.82 Å². The van der Waals surface area contributed by atoms with Crippen molar-refractivity contribution in [2.75, 3.05) is 18.9 Å². The summed E-state index contributed by atoms with van der Waals surface area (Å²) in [6, 6.07) is 3.21. The normalized spacial score (nSPS) is 20.4. The molecule has 1 unspecified atom stereocenters. The topological polar surface area (TPSA) is 83.6 Å². The number of hydrogen-bond acceptors (Lipinski definition) is 4. The molecule has 0 aliphatic carbocycles. The first-order chi connectivity index (χ1) is 9.46. The molecular formula is C13H19FN2O3S. The van der Waals surface area contributed by atoms with E-state index in [1.165, 1.54) is 10.4 Å². The second kappa shape index (κ2) is 6.07. The predicted octanol–water partition coefficient (Wildman–Crippen LogP) is 1.33. The third kappa shape index (κ3) is 2.94. The maximum atomic E-state index is 13.0. The first-order valence-electron chi connectivity index (χ1n) is 6.64. The van der Waals surface area contributed by atoms with Crippen LogP contribution in [-0.4, -0.2) is 37.0 Å². The van der Waals surface area contributed by atoms with E-state index in [-0.39, 0.29) is 23.2 Å². The van der Waals surface area contributed by atoms with Crippen molar-refractivity contribution in [3.05, 3.63) is 24.0 Å². The number of aliphatic hydroxyl groups excluding tert-OH is 1. The fourth-order valence-electron chi connectivity index (χ4n) is 2.62. The summed E-state index contributed by atoms with van der Waals surface area (Å²) in [4.78, 5) is -0.0465. The maximum Gasteiger partial charge on any atom is 0.245 e. The van der Waals surface area contributed by atoms with Crippen LogP contribution in [-0.2, 0) is 10.0 Å². The number of sulfonamides is 1. The Labute approximate surface area is 118 Å². The first kappa shape index (κ1) is 15.2. The van der Waals surface area contributed by atoms with Crippen LogP contribution in [0.1, 0.15) is 25.7 Å². The van der Waals surface area contributed by atoms with E-state index in [0.717, 1.165) is 25.0 Å². The number of aliphatic hydroxyl groups is 1. The van der Waals surface area contributed by atoms with Crippen molar-refractivity contribution in [1.29, 1.82) is 0 Å². The molecule has 0 radical (unpaired) electrons. The van der Waals surface area contributed by atoms with Crippen molar-refractivity contribution >= 4 is 15.7 Å². The van der Waals surface area contributed by atoms with Crippen molar-refractivity contribution in [3.8, 4) is 0 Å². The molecule has 1 aromatic carbocycles. The summed E-state index contributed by atoms with van der Waals surface area (Å²) in [7, 11) is -3.71. The monoisotopic (exact) mass is 302 g/mol. The number of nitrogen functional groups attached to an aromatic ring is 1. The Morgan fingerprint density at radius 2 is 2.20 bits per heavy atom. The molecule has 1 fully saturated rings. The number of nitrogens with zero attached hydrogens (tertiary/aromatic N) is 1. The summed E-state index contributed by atoms with van der Waals surface area (Å²) in [5.74, 6) is -0.556. The highest BCUT2D eigenvalue weighted by Crippen LogP contribution is 2.31. The Morgan fingerprint density at radius 3 is 2.85 bits per heavy atom. The molecule has 1 atom stereocenters. The second-order valence-corrected chi connectivity index (χ2v) is 6.82. The van der Waals surface area contributed by atoms with Gasteiger partial charge in [0, 0.05) is 19.2 Å². The van der Waals surface area contributed by atoms with Crippen LogP contribution in [0.2, 0.25) is 0 Å². The van der Waals surface area contributed by atoms with Gasteiger partial charge in [-0.05, 0) is 43.9 Å². The number of hydrogen-bond donors (Lipinski definition) is 2. The van der Waals surface area contributed by atoms with Crippen molar-refractivity contribution in [1.82, 2.24) is 4.31 Å². The lowest BCUT2D eigenvalue weighted by molar-refractivity contribution is 0.264. The van der Waals surface area contributed by atoms with Gasteiger partial charge < -0.3 is 10.8 Å². The van der Waals surface area contributed by atoms with Gasteiger partial charge in [0.2, 0.25) is 10.0 Å². The Bertz CT molecular complexity index is 577. The van der Waals surface area contributed by atoms with Crippen LogP contribution in [0.4, 0.5) is 10.1 Å². The van der Waals surface area contributed by atoms with Crippen LogP contribution in [0.3, 0.4) is 0 Å². The van der Waals surface area contributed by atoms with Crippen molar-refractivity contribution in [2.45, 2.75) is 36.6 Å². The van der Waals surface area contributed by atoms with Crippen LogP contribution in [0.5, 0.6) is 0 Å². The average molecular weight is 302 g/mol. The minimum absolute atomic E-state index is 0.0447. The van der Waals surface area contributed by atoms with Crippen molar-refractivity contribution < 1.29 is 17.9 Å². The number of benzene rings is 1. The van der Waals surface area contributed by atoms with E-state index in [9.17, 15) is 12.8 Å². The van der Waals surface area contributed by atoms with E-state index in [1.54, 1.807) is 0 Å². The zero-order valence-electron chi connectivity index (χ0n) is 11.1. The quantitative estimate of drug-likeness (QED) is 0.804. The largest absolute Gasteiger partial charge is 0.398 e. The maximum absolute atomic E-state index is 13.0. The van der Waals surface area contributed by atoms with E-state index in [2.05, 4.69) is 0 Å². The molecule has 0 aromatic heterocycles. The fraction of sp³-hybridized carbons (Fsp3) is 0.538. The second-order valence-electron chi connectivity index (χ2n) is 4.96. The van der Waals surface area contributed by atoms with Gasteiger partial charge in [0.1, 0.15) is 10.7 Å². The molecule has 5 nitrogen and oxygen atoms in total. The Balaban J connectivity index is 2.29. The molecule has 0 spiro atoms. The molecule has 112 valence electrons. The molecule has 3 N–H and O–H groups in total. The summed E-state index contributed by atoms with van der Waals surface area (Å²) < 4.78 is 39.7. The zero-order chi connectivity index (χ0) is 14.8. The van der Waals surface area contributed by atoms with Gasteiger partial charge in [-0.2, -0.15) is 4.31 Å². The molecule has 7 heteroatoms. The van der Waals surface area contributed by atoms with Gasteiger partial charge in [0.05, 0.1) is 5.69 Å². The van der Waals surface area contributed by atoms with Gasteiger partial charge >= 0.3 is 0 Å². The van der Waals surface area contributed by atoms with E-state index in [4.69, 9.17) is 10.8 Å². The molecule has 1 aromatic rings. The molecule has 0 amide bonds. The molecule has 0 saturated carbocycles. The first-order valence-corrected chi connectivity index (χ1v) is 8.08. The minimum atomic E-state index is -3.71. The summed E-state index contributed by atoms with van der Waals surface area (Å²) in [5, 5.41) is 8.88. The zero-order valence-corrected chi connectivity index (χ0v) is 11.9. The molecule has 1 aliphatic rings. The van der Waals surface area contributed by atoms with Crippen molar-refractivity contribution in [3.63, 3.8) is 0 Å². The number of nitrogens with two attached hydrogens (primary N) is 1. The third-order valence-corrected chi connectivity index (χ3v) is 5.60. The molecule has 2 rings (SSSR count). The standard InChI is InChI=1S/C13H19FN2O3S/c14-10-5-6-13(12(15)9-10)20(18,19)16-7-1-3-11(16)4-2-8-17/h5-6,9,11,17H,1-4,7-8,15H2. The van der Waals surface area contributed by atoms with Crippen LogP contribution in [0.25, 0.3) is 0 Å². The lowest BCUT2D eigenvalue weighted by Gasteiger charge is -2.24. The van der Waals surface area contributed by atoms with Gasteiger partial charge in [-0.15, -0.1) is 0 Å². The van der Waals surface area contributed by atoms with Crippen LogP contribution >= 0.6 is 0 Å². The predicted molar refractivity (Wildman–Crippen MR) is 74.0 cm³/mol.